The van der Waals surface area contributed by atoms with Gasteiger partial charge in [-0.15, -0.1) is 0 Å². The number of hydrogen-bond acceptors (Lipinski definition) is 5. The third-order valence-electron chi connectivity index (χ3n) is 4.79. The van der Waals surface area contributed by atoms with Gasteiger partial charge in [0, 0.05) is 24.7 Å². The number of rotatable bonds is 7. The molecule has 7 heteroatoms. The van der Waals surface area contributed by atoms with Crippen molar-refractivity contribution in [2.75, 3.05) is 13.7 Å². The van der Waals surface area contributed by atoms with Gasteiger partial charge in [0.05, 0.1) is 18.1 Å². The number of nitrogens with zero attached hydrogens (tertiary/aromatic N) is 3. The fourth-order valence-corrected chi connectivity index (χ4v) is 3.30. The Morgan fingerprint density at radius 1 is 1.17 bits per heavy atom. The molecule has 0 fully saturated rings. The smallest absolute Gasteiger partial charge is 0.273 e. The van der Waals surface area contributed by atoms with Gasteiger partial charge in [0.15, 0.2) is 11.5 Å². The first kappa shape index (κ1) is 18.7. The number of hydrogen-bond donors (Lipinski definition) is 1. The van der Waals surface area contributed by atoms with E-state index in [-0.39, 0.29) is 11.6 Å². The number of nitrogens with one attached hydrogen (secondary N) is 1. The Labute approximate surface area is 168 Å². The van der Waals surface area contributed by atoms with Gasteiger partial charge in [-0.2, -0.15) is 0 Å². The minimum Gasteiger partial charge on any atom is -0.497 e. The first-order valence-electron chi connectivity index (χ1n) is 9.47. The van der Waals surface area contributed by atoms with Crippen molar-refractivity contribution >= 4 is 16.9 Å². The largest absolute Gasteiger partial charge is 0.497 e. The fourth-order valence-electron chi connectivity index (χ4n) is 3.30. The molecule has 148 valence electrons. The summed E-state index contributed by atoms with van der Waals surface area (Å²) in [5, 5.41) is 6.78. The highest BCUT2D eigenvalue weighted by atomic mass is 16.5. The van der Waals surface area contributed by atoms with Crippen LogP contribution in [0.5, 0.6) is 5.75 Å². The van der Waals surface area contributed by atoms with Crippen LogP contribution in [0.4, 0.5) is 0 Å². The van der Waals surface area contributed by atoms with E-state index < -0.39 is 0 Å². The molecule has 2 heterocycles. The average molecular weight is 390 g/mol. The molecule has 0 saturated carbocycles. The molecule has 4 aromatic rings. The number of amides is 1. The monoisotopic (exact) mass is 390 g/mol. The predicted molar refractivity (Wildman–Crippen MR) is 110 cm³/mol. The van der Waals surface area contributed by atoms with E-state index in [9.17, 15) is 4.79 Å². The summed E-state index contributed by atoms with van der Waals surface area (Å²) in [5.41, 5.74) is 3.16. The van der Waals surface area contributed by atoms with E-state index in [0.717, 1.165) is 35.4 Å². The first-order valence-corrected chi connectivity index (χ1v) is 9.47. The van der Waals surface area contributed by atoms with Crippen LogP contribution in [0.1, 0.15) is 22.7 Å². The van der Waals surface area contributed by atoms with Crippen LogP contribution in [-0.2, 0) is 6.54 Å². The number of methoxy groups -OCH3 is 1. The lowest BCUT2D eigenvalue weighted by atomic mass is 10.1. The Balaban J connectivity index is 1.34. The second-order valence-corrected chi connectivity index (χ2v) is 6.72. The molecule has 1 N–H and O–H groups in total. The van der Waals surface area contributed by atoms with Gasteiger partial charge in [0.1, 0.15) is 11.6 Å². The van der Waals surface area contributed by atoms with Crippen LogP contribution in [0.2, 0.25) is 0 Å². The molecule has 7 nitrogen and oxygen atoms in total. The molecule has 2 aromatic carbocycles. The van der Waals surface area contributed by atoms with Gasteiger partial charge in [-0.1, -0.05) is 29.4 Å². The molecule has 0 bridgehead atoms. The van der Waals surface area contributed by atoms with Crippen LogP contribution >= 0.6 is 0 Å². The van der Waals surface area contributed by atoms with Crippen molar-refractivity contribution in [1.82, 2.24) is 20.0 Å². The number of fused-ring (bicyclic) bond motifs is 1. The fraction of sp³-hybridized carbons (Fsp3) is 0.227. The average Bonchev–Trinajstić information content (AvgIpc) is 3.36. The van der Waals surface area contributed by atoms with Gasteiger partial charge < -0.3 is 19.1 Å². The maximum Gasteiger partial charge on any atom is 0.273 e. The van der Waals surface area contributed by atoms with Crippen molar-refractivity contribution in [2.45, 2.75) is 19.9 Å². The van der Waals surface area contributed by atoms with Crippen LogP contribution in [0.3, 0.4) is 0 Å². The minimum absolute atomic E-state index is 0.255. The zero-order valence-corrected chi connectivity index (χ0v) is 16.4. The third kappa shape index (κ3) is 3.99. The second-order valence-electron chi connectivity index (χ2n) is 6.72. The van der Waals surface area contributed by atoms with Crippen LogP contribution in [-0.4, -0.2) is 34.3 Å². The molecule has 2 aromatic heterocycles. The van der Waals surface area contributed by atoms with Crippen LogP contribution < -0.4 is 10.1 Å². The molecular formula is C22H22N4O3. The molecule has 0 aliphatic heterocycles. The van der Waals surface area contributed by atoms with Gasteiger partial charge in [-0.25, -0.2) is 4.98 Å². The van der Waals surface area contributed by atoms with E-state index in [4.69, 9.17) is 9.26 Å². The van der Waals surface area contributed by atoms with Crippen molar-refractivity contribution in [2.24, 2.45) is 0 Å². The summed E-state index contributed by atoms with van der Waals surface area (Å²) in [4.78, 5) is 16.9. The van der Waals surface area contributed by atoms with Gasteiger partial charge in [0.2, 0.25) is 0 Å². The van der Waals surface area contributed by atoms with E-state index in [1.165, 1.54) is 0 Å². The summed E-state index contributed by atoms with van der Waals surface area (Å²) < 4.78 is 12.7. The highest BCUT2D eigenvalue weighted by Gasteiger charge is 2.14. The predicted octanol–water partition coefficient (Wildman–Crippen LogP) is 3.83. The number of imidazole rings is 1. The molecule has 0 aliphatic rings. The van der Waals surface area contributed by atoms with E-state index >= 15 is 0 Å². The third-order valence-corrected chi connectivity index (χ3v) is 4.79. The second kappa shape index (κ2) is 8.18. The number of para-hydroxylation sites is 2. The van der Waals surface area contributed by atoms with E-state index in [2.05, 4.69) is 26.1 Å². The van der Waals surface area contributed by atoms with Crippen molar-refractivity contribution in [3.63, 3.8) is 0 Å². The SMILES string of the molecule is COc1cccc(-c2cc(C(=O)NCCCn3c(C)nc4ccccc43)no2)c1. The Morgan fingerprint density at radius 3 is 2.90 bits per heavy atom. The topological polar surface area (TPSA) is 82.2 Å². The molecule has 1 amide bonds. The number of aromatic nitrogens is 3. The molecule has 0 saturated heterocycles. The van der Waals surface area contributed by atoms with Gasteiger partial charge in [-0.05, 0) is 37.6 Å². The lowest BCUT2D eigenvalue weighted by molar-refractivity contribution is 0.0944. The summed E-state index contributed by atoms with van der Waals surface area (Å²) >= 11 is 0. The molecule has 0 aliphatic carbocycles. The Bertz CT molecular complexity index is 1150. The zero-order valence-electron chi connectivity index (χ0n) is 16.4. The number of benzene rings is 2. The zero-order chi connectivity index (χ0) is 20.2. The Morgan fingerprint density at radius 2 is 2.03 bits per heavy atom. The molecule has 29 heavy (non-hydrogen) atoms. The Hall–Kier alpha value is -3.61. The van der Waals surface area contributed by atoms with Gasteiger partial charge in [0.25, 0.3) is 5.91 Å². The van der Waals surface area contributed by atoms with Crippen molar-refractivity contribution in [3.05, 3.63) is 66.1 Å². The molecule has 0 atom stereocenters. The molecule has 4 rings (SSSR count). The van der Waals surface area contributed by atoms with E-state index in [1.54, 1.807) is 13.2 Å². The normalized spacial score (nSPS) is 11.0. The summed E-state index contributed by atoms with van der Waals surface area (Å²) in [5.74, 6) is 1.95. The van der Waals surface area contributed by atoms with E-state index in [1.807, 2.05) is 49.4 Å². The summed E-state index contributed by atoms with van der Waals surface area (Å²) in [6, 6.07) is 17.1. The minimum atomic E-state index is -0.255. The standard InChI is InChI=1S/C22H22N4O3/c1-15-24-18-9-3-4-10-20(18)26(15)12-6-11-23-22(27)19-14-21(29-25-19)16-7-5-8-17(13-16)28-2/h3-5,7-10,13-14H,6,11-12H2,1-2H3,(H,23,27). The van der Waals surface area contributed by atoms with Crippen molar-refractivity contribution < 1.29 is 14.1 Å². The maximum absolute atomic E-state index is 12.4. The molecular weight excluding hydrogens is 368 g/mol. The molecule has 0 radical (unpaired) electrons. The van der Waals surface area contributed by atoms with Crippen LogP contribution in [0, 0.1) is 6.92 Å². The Kier molecular flexibility index (Phi) is 5.29. The van der Waals surface area contributed by atoms with Crippen LogP contribution in [0.15, 0.2) is 59.1 Å². The summed E-state index contributed by atoms with van der Waals surface area (Å²) in [6.45, 7) is 3.31. The molecule has 0 unspecified atom stereocenters. The quantitative estimate of drug-likeness (QED) is 0.485. The van der Waals surface area contributed by atoms with Gasteiger partial charge in [-0.3, -0.25) is 4.79 Å². The highest BCUT2D eigenvalue weighted by Crippen LogP contribution is 2.24. The molecule has 0 spiro atoms. The summed E-state index contributed by atoms with van der Waals surface area (Å²) in [7, 11) is 1.60. The number of aryl methyl sites for hydroxylation is 2. The lowest BCUT2D eigenvalue weighted by Crippen LogP contribution is -2.25. The van der Waals surface area contributed by atoms with E-state index in [0.29, 0.717) is 18.1 Å². The summed E-state index contributed by atoms with van der Waals surface area (Å²) in [6.07, 6.45) is 0.785. The van der Waals surface area contributed by atoms with Crippen molar-refractivity contribution in [3.8, 4) is 17.1 Å². The number of carbonyl (C=O) groups is 1. The maximum atomic E-state index is 12.4. The first-order chi connectivity index (χ1) is 14.2. The van der Waals surface area contributed by atoms with Crippen LogP contribution in [0.25, 0.3) is 22.4 Å². The number of carbonyl (C=O) groups excluding carboxylic acids is 1. The number of ether oxygens (including phenoxy) is 1. The van der Waals surface area contributed by atoms with Gasteiger partial charge >= 0.3 is 0 Å². The van der Waals surface area contributed by atoms with Crippen molar-refractivity contribution in [1.29, 1.82) is 0 Å². The highest BCUT2D eigenvalue weighted by molar-refractivity contribution is 5.93. The lowest BCUT2D eigenvalue weighted by Gasteiger charge is -2.07.